The fourth-order valence-electron chi connectivity index (χ4n) is 4.54. The molecular weight excluding hydrogens is 436 g/mol. The van der Waals surface area contributed by atoms with Crippen LogP contribution in [0.2, 0.25) is 0 Å². The highest BCUT2D eigenvalue weighted by Crippen LogP contribution is 2.32. The van der Waals surface area contributed by atoms with E-state index in [1.807, 2.05) is 0 Å². The third kappa shape index (κ3) is 4.46. The van der Waals surface area contributed by atoms with Crippen LogP contribution in [-0.2, 0) is 14.2 Å². The Morgan fingerprint density at radius 2 is 2.06 bits per heavy atom. The van der Waals surface area contributed by atoms with Crippen LogP contribution in [0.5, 0.6) is 0 Å². The number of anilines is 1. The Hall–Kier alpha value is -2.58. The van der Waals surface area contributed by atoms with E-state index in [1.165, 1.54) is 17.2 Å². The molecule has 1 aliphatic carbocycles. The molecule has 0 radical (unpaired) electrons. The number of aliphatic hydroxyl groups is 3. The normalized spacial score (nSPS) is 34.1. The number of hydrogen-bond acceptors (Lipinski definition) is 11. The van der Waals surface area contributed by atoms with E-state index in [9.17, 15) is 20.1 Å². The van der Waals surface area contributed by atoms with Crippen molar-refractivity contribution in [2.45, 2.75) is 68.4 Å². The predicted octanol–water partition coefficient (Wildman–Crippen LogP) is -0.714. The number of nitrogens with one attached hydrogen (secondary N) is 2. The van der Waals surface area contributed by atoms with Gasteiger partial charge in [0.05, 0.1) is 31.1 Å². The molecule has 3 fully saturated rings. The summed E-state index contributed by atoms with van der Waals surface area (Å²) in [7, 11) is 0. The van der Waals surface area contributed by atoms with E-state index in [1.54, 1.807) is 0 Å². The molecule has 1 saturated carbocycles. The second-order valence-electron chi connectivity index (χ2n) is 8.65. The Morgan fingerprint density at radius 1 is 1.18 bits per heavy atom. The molecule has 2 aromatic rings. The van der Waals surface area contributed by atoms with E-state index < -0.39 is 36.7 Å². The first-order chi connectivity index (χ1) is 16.0. The van der Waals surface area contributed by atoms with E-state index in [-0.39, 0.29) is 18.7 Å². The fraction of sp³-hybridized carbons (Fsp3) is 0.700. The fourth-order valence-corrected chi connectivity index (χ4v) is 4.54. The van der Waals surface area contributed by atoms with Crippen LogP contribution >= 0.6 is 0 Å². The van der Waals surface area contributed by atoms with Crippen molar-refractivity contribution < 1.29 is 34.3 Å². The molecule has 2 aromatic heterocycles. The summed E-state index contributed by atoms with van der Waals surface area (Å²) in [6.45, 7) is 1.00. The molecule has 180 valence electrons. The van der Waals surface area contributed by atoms with Crippen molar-refractivity contribution >= 4 is 23.1 Å². The zero-order valence-corrected chi connectivity index (χ0v) is 17.9. The number of nitrogens with zero attached hydrogens (tertiary/aromatic N) is 4. The van der Waals surface area contributed by atoms with Crippen LogP contribution in [-0.4, -0.2) is 97.3 Å². The summed E-state index contributed by atoms with van der Waals surface area (Å²) in [6.07, 6.45) is 0.0709. The Bertz CT molecular complexity index is 983. The number of imidazole rings is 1. The second kappa shape index (κ2) is 9.35. The smallest absolute Gasteiger partial charge is 0.407 e. The van der Waals surface area contributed by atoms with Crippen molar-refractivity contribution in [3.8, 4) is 0 Å². The number of ether oxygens (including phenoxy) is 3. The number of carbonyl (C=O) groups is 1. The van der Waals surface area contributed by atoms with E-state index in [2.05, 4.69) is 25.6 Å². The zero-order valence-electron chi connectivity index (χ0n) is 17.9. The average Bonchev–Trinajstić information content (AvgIpc) is 3.59. The first-order valence-electron chi connectivity index (χ1n) is 11.2. The minimum atomic E-state index is -1.29. The molecule has 2 saturated heterocycles. The minimum absolute atomic E-state index is 0.126. The number of carbonyl (C=O) groups excluding carboxylic acids is 1. The van der Waals surface area contributed by atoms with Crippen molar-refractivity contribution in [2.75, 3.05) is 25.1 Å². The molecule has 0 aromatic carbocycles. The maximum Gasteiger partial charge on any atom is 0.407 e. The lowest BCUT2D eigenvalue weighted by atomic mass is 10.1. The molecule has 7 unspecified atom stereocenters. The highest BCUT2D eigenvalue weighted by atomic mass is 16.6. The summed E-state index contributed by atoms with van der Waals surface area (Å²) >= 11 is 0. The van der Waals surface area contributed by atoms with Gasteiger partial charge in [-0.3, -0.25) is 4.57 Å². The molecule has 0 spiro atoms. The minimum Gasteiger partial charge on any atom is -0.447 e. The summed E-state index contributed by atoms with van der Waals surface area (Å²) < 4.78 is 17.9. The van der Waals surface area contributed by atoms with Crippen molar-refractivity contribution in [1.82, 2.24) is 24.8 Å². The van der Waals surface area contributed by atoms with Crippen molar-refractivity contribution in [3.63, 3.8) is 0 Å². The van der Waals surface area contributed by atoms with Gasteiger partial charge in [-0.2, -0.15) is 0 Å². The largest absolute Gasteiger partial charge is 0.447 e. The average molecular weight is 464 g/mol. The molecular formula is C20H28N6O7. The molecule has 1 amide bonds. The van der Waals surface area contributed by atoms with Crippen molar-refractivity contribution in [1.29, 1.82) is 0 Å². The van der Waals surface area contributed by atoms with Crippen LogP contribution < -0.4 is 10.6 Å². The van der Waals surface area contributed by atoms with Crippen LogP contribution in [0, 0.1) is 0 Å². The highest BCUT2D eigenvalue weighted by Gasteiger charge is 2.45. The summed E-state index contributed by atoms with van der Waals surface area (Å²) in [4.78, 5) is 25.0. The van der Waals surface area contributed by atoms with Gasteiger partial charge in [0.1, 0.15) is 31.2 Å². The van der Waals surface area contributed by atoms with Crippen LogP contribution in [0.15, 0.2) is 12.7 Å². The molecule has 5 N–H and O–H groups in total. The van der Waals surface area contributed by atoms with Crippen LogP contribution in [0.1, 0.15) is 31.9 Å². The number of hydrogen-bond donors (Lipinski definition) is 5. The van der Waals surface area contributed by atoms with Gasteiger partial charge in [-0.05, 0) is 25.7 Å². The summed E-state index contributed by atoms with van der Waals surface area (Å²) in [6, 6.07) is -0.220. The number of aliphatic hydroxyl groups excluding tert-OH is 3. The predicted molar refractivity (Wildman–Crippen MR) is 112 cm³/mol. The van der Waals surface area contributed by atoms with E-state index in [0.717, 1.165) is 12.8 Å². The summed E-state index contributed by atoms with van der Waals surface area (Å²) in [5.74, 6) is 0.549. The quantitative estimate of drug-likeness (QED) is 0.365. The SMILES string of the molecule is O=C(NC1CCCC1O)OCC1OC(n2cnc3c(NC4CCOC4)ncnc32)C(O)C1O. The molecule has 13 nitrogen and oxygen atoms in total. The summed E-state index contributed by atoms with van der Waals surface area (Å²) in [5, 5.41) is 36.8. The standard InChI is InChI=1S/C20H28N6O7/c27-12-3-1-2-11(12)25-20(30)32-7-13-15(28)16(29)19(33-13)26-9-23-14-17(21-8-22-18(14)26)24-10-4-5-31-6-10/h8-13,15-16,19,27-29H,1-7H2,(H,25,30)(H,21,22,24). The maximum atomic E-state index is 12.1. The van der Waals surface area contributed by atoms with Gasteiger partial charge < -0.3 is 40.2 Å². The lowest BCUT2D eigenvalue weighted by molar-refractivity contribution is -0.0537. The van der Waals surface area contributed by atoms with Gasteiger partial charge in [0, 0.05) is 6.61 Å². The Balaban J connectivity index is 1.24. The van der Waals surface area contributed by atoms with E-state index >= 15 is 0 Å². The Morgan fingerprint density at radius 3 is 2.82 bits per heavy atom. The number of alkyl carbamates (subject to hydrolysis) is 1. The molecule has 7 atom stereocenters. The molecule has 33 heavy (non-hydrogen) atoms. The number of aromatic nitrogens is 4. The summed E-state index contributed by atoms with van der Waals surface area (Å²) in [5.41, 5.74) is 0.932. The maximum absolute atomic E-state index is 12.1. The Kier molecular flexibility index (Phi) is 6.29. The first kappa shape index (κ1) is 22.2. The van der Waals surface area contributed by atoms with Gasteiger partial charge in [0.25, 0.3) is 0 Å². The monoisotopic (exact) mass is 464 g/mol. The molecule has 5 rings (SSSR count). The van der Waals surface area contributed by atoms with Gasteiger partial charge in [-0.15, -0.1) is 0 Å². The third-order valence-corrected chi connectivity index (χ3v) is 6.40. The van der Waals surface area contributed by atoms with Crippen LogP contribution in [0.25, 0.3) is 11.2 Å². The number of rotatable bonds is 6. The second-order valence-corrected chi connectivity index (χ2v) is 8.65. The third-order valence-electron chi connectivity index (χ3n) is 6.40. The topological polar surface area (TPSA) is 173 Å². The highest BCUT2D eigenvalue weighted by molar-refractivity contribution is 5.82. The lowest BCUT2D eigenvalue weighted by Gasteiger charge is -2.18. The first-order valence-corrected chi connectivity index (χ1v) is 11.2. The molecule has 4 heterocycles. The number of fused-ring (bicyclic) bond motifs is 1. The van der Waals surface area contributed by atoms with Gasteiger partial charge >= 0.3 is 6.09 Å². The van der Waals surface area contributed by atoms with Crippen molar-refractivity contribution in [3.05, 3.63) is 12.7 Å². The van der Waals surface area contributed by atoms with Gasteiger partial charge in [0.2, 0.25) is 0 Å². The number of amides is 1. The molecule has 0 bridgehead atoms. The zero-order chi connectivity index (χ0) is 22.9. The van der Waals surface area contributed by atoms with E-state index in [0.29, 0.717) is 43.0 Å². The molecule has 2 aliphatic heterocycles. The van der Waals surface area contributed by atoms with Crippen LogP contribution in [0.4, 0.5) is 10.6 Å². The van der Waals surface area contributed by atoms with Gasteiger partial charge in [-0.25, -0.2) is 19.7 Å². The molecule has 13 heteroatoms. The van der Waals surface area contributed by atoms with Crippen molar-refractivity contribution in [2.24, 2.45) is 0 Å². The Labute approximate surface area is 189 Å². The lowest BCUT2D eigenvalue weighted by Crippen LogP contribution is -2.42. The van der Waals surface area contributed by atoms with Gasteiger partial charge in [-0.1, -0.05) is 0 Å². The molecule has 3 aliphatic rings. The van der Waals surface area contributed by atoms with Crippen LogP contribution in [0.3, 0.4) is 0 Å². The van der Waals surface area contributed by atoms with Gasteiger partial charge in [0.15, 0.2) is 23.2 Å². The van der Waals surface area contributed by atoms with E-state index in [4.69, 9.17) is 14.2 Å².